The molecule has 0 aromatic rings. The Morgan fingerprint density at radius 1 is 0.700 bits per heavy atom. The van der Waals surface area contributed by atoms with Crippen LogP contribution in [0.4, 0.5) is 0 Å². The lowest BCUT2D eigenvalue weighted by molar-refractivity contribution is -0.164. The van der Waals surface area contributed by atoms with Crippen LogP contribution in [-0.2, 0) is 9.59 Å². The molecule has 112 valence electrons. The van der Waals surface area contributed by atoms with Crippen LogP contribution >= 0.6 is 23.2 Å². The molecule has 2 N–H and O–H groups in total. The minimum atomic E-state index is -0.861. The Bertz CT molecular complexity index is 365. The molecular weight excluding hydrogens is 303 g/mol. The molecule has 0 aliphatic heterocycles. The topological polar surface area (TPSA) is 74.6 Å². The molecule has 0 heterocycles. The van der Waals surface area contributed by atoms with Crippen molar-refractivity contribution < 1.29 is 19.8 Å². The number of carbonyl (C=O) groups excluding carboxylic acids is 2. The second kappa shape index (κ2) is 5.24. The van der Waals surface area contributed by atoms with Gasteiger partial charge in [-0.05, 0) is 25.7 Å². The molecule has 8 atom stereocenters. The van der Waals surface area contributed by atoms with Gasteiger partial charge >= 0.3 is 0 Å². The second-order valence-electron chi connectivity index (χ2n) is 6.23. The van der Waals surface area contributed by atoms with Gasteiger partial charge in [-0.2, -0.15) is 0 Å². The smallest absolute Gasteiger partial charge is 0.144 e. The summed E-state index contributed by atoms with van der Waals surface area (Å²) in [4.78, 5) is 25.4. The highest BCUT2D eigenvalue weighted by Crippen LogP contribution is 2.48. The van der Waals surface area contributed by atoms with Gasteiger partial charge < -0.3 is 10.2 Å². The van der Waals surface area contributed by atoms with Gasteiger partial charge in [-0.25, -0.2) is 0 Å². The summed E-state index contributed by atoms with van der Waals surface area (Å²) in [7, 11) is 0. The van der Waals surface area contributed by atoms with E-state index in [4.69, 9.17) is 23.2 Å². The molecule has 8 unspecified atom stereocenters. The zero-order valence-electron chi connectivity index (χ0n) is 10.9. The van der Waals surface area contributed by atoms with Crippen LogP contribution in [0.3, 0.4) is 0 Å². The fourth-order valence-corrected chi connectivity index (χ4v) is 5.01. The van der Waals surface area contributed by atoms with E-state index in [1.807, 2.05) is 0 Å². The standard InChI is InChI=1S/C14H18Cl2O4/c15-5-1-2-6(16)10-9(5)13(19)11-7(17)3-4-8(18)12(11)14(10)20/h5-12,17-18H,1-4H2. The van der Waals surface area contributed by atoms with Gasteiger partial charge in [-0.15, -0.1) is 23.2 Å². The third kappa shape index (κ3) is 2.04. The Morgan fingerprint density at radius 2 is 1.05 bits per heavy atom. The number of aliphatic hydroxyl groups excluding tert-OH is 2. The summed E-state index contributed by atoms with van der Waals surface area (Å²) < 4.78 is 0. The molecule has 20 heavy (non-hydrogen) atoms. The molecule has 3 aliphatic rings. The zero-order chi connectivity index (χ0) is 14.6. The molecule has 0 bridgehead atoms. The SMILES string of the molecule is O=C1C2C(O)CCC(O)C2C(=O)C2C(Cl)CCC(Cl)C12. The van der Waals surface area contributed by atoms with Crippen molar-refractivity contribution in [2.75, 3.05) is 0 Å². The van der Waals surface area contributed by atoms with E-state index in [1.54, 1.807) is 0 Å². The number of alkyl halides is 2. The van der Waals surface area contributed by atoms with Gasteiger partial charge in [0.2, 0.25) is 0 Å². The van der Waals surface area contributed by atoms with E-state index in [0.29, 0.717) is 25.7 Å². The molecule has 3 saturated carbocycles. The number of Topliss-reactive ketones (excluding diaryl/α,β-unsaturated/α-hetero) is 2. The monoisotopic (exact) mass is 320 g/mol. The first kappa shape index (κ1) is 14.8. The van der Waals surface area contributed by atoms with E-state index in [2.05, 4.69) is 0 Å². The number of ketones is 2. The van der Waals surface area contributed by atoms with Gasteiger partial charge in [0.25, 0.3) is 0 Å². The van der Waals surface area contributed by atoms with Gasteiger partial charge in [-0.1, -0.05) is 0 Å². The lowest BCUT2D eigenvalue weighted by atomic mass is 9.56. The number of hydrogen-bond donors (Lipinski definition) is 2. The summed E-state index contributed by atoms with van der Waals surface area (Å²) in [5.74, 6) is -3.21. The van der Waals surface area contributed by atoms with Crippen LogP contribution in [0.25, 0.3) is 0 Å². The number of rotatable bonds is 0. The lowest BCUT2D eigenvalue weighted by Crippen LogP contribution is -2.61. The minimum Gasteiger partial charge on any atom is -0.392 e. The Balaban J connectivity index is 2.01. The van der Waals surface area contributed by atoms with E-state index in [0.717, 1.165) is 0 Å². The van der Waals surface area contributed by atoms with Crippen LogP contribution in [-0.4, -0.2) is 44.7 Å². The summed E-state index contributed by atoms with van der Waals surface area (Å²) in [6, 6.07) is 0. The maximum atomic E-state index is 12.7. The lowest BCUT2D eigenvalue weighted by Gasteiger charge is -2.49. The van der Waals surface area contributed by atoms with Crippen LogP contribution in [0.1, 0.15) is 25.7 Å². The third-order valence-electron chi connectivity index (χ3n) is 5.17. The number of fused-ring (bicyclic) bond motifs is 2. The summed E-state index contributed by atoms with van der Waals surface area (Å²) in [5.41, 5.74) is 0. The molecule has 3 rings (SSSR count). The molecule has 6 heteroatoms. The zero-order valence-corrected chi connectivity index (χ0v) is 12.4. The molecule has 3 aliphatic carbocycles. The maximum absolute atomic E-state index is 12.7. The predicted octanol–water partition coefficient (Wildman–Crippen LogP) is 1.13. The Kier molecular flexibility index (Phi) is 3.87. The quantitative estimate of drug-likeness (QED) is 0.656. The van der Waals surface area contributed by atoms with Crippen LogP contribution in [0, 0.1) is 23.7 Å². The molecule has 0 spiro atoms. The maximum Gasteiger partial charge on any atom is 0.144 e. The molecule has 4 nitrogen and oxygen atoms in total. The van der Waals surface area contributed by atoms with Gasteiger partial charge in [-0.3, -0.25) is 9.59 Å². The molecule has 0 radical (unpaired) electrons. The van der Waals surface area contributed by atoms with Crippen molar-refractivity contribution in [2.45, 2.75) is 48.6 Å². The Hall–Kier alpha value is -0.160. The largest absolute Gasteiger partial charge is 0.392 e. The fourth-order valence-electron chi connectivity index (χ4n) is 4.19. The average molecular weight is 321 g/mol. The highest BCUT2D eigenvalue weighted by molar-refractivity contribution is 6.26. The second-order valence-corrected chi connectivity index (χ2v) is 7.35. The molecule has 0 aromatic heterocycles. The van der Waals surface area contributed by atoms with Crippen LogP contribution < -0.4 is 0 Å². The van der Waals surface area contributed by atoms with Crippen molar-refractivity contribution in [1.82, 2.24) is 0 Å². The van der Waals surface area contributed by atoms with Crippen LogP contribution in [0.2, 0.25) is 0 Å². The van der Waals surface area contributed by atoms with E-state index in [-0.39, 0.29) is 11.6 Å². The number of halogens is 2. The van der Waals surface area contributed by atoms with Gasteiger partial charge in [0.1, 0.15) is 11.6 Å². The first-order chi connectivity index (χ1) is 9.43. The molecule has 0 amide bonds. The van der Waals surface area contributed by atoms with E-state index in [1.165, 1.54) is 0 Å². The van der Waals surface area contributed by atoms with E-state index in [9.17, 15) is 19.8 Å². The van der Waals surface area contributed by atoms with Crippen molar-refractivity contribution in [2.24, 2.45) is 23.7 Å². The van der Waals surface area contributed by atoms with E-state index >= 15 is 0 Å². The van der Waals surface area contributed by atoms with Gasteiger partial charge in [0, 0.05) is 22.6 Å². The van der Waals surface area contributed by atoms with Crippen molar-refractivity contribution in [1.29, 1.82) is 0 Å². The van der Waals surface area contributed by atoms with E-state index < -0.39 is 46.6 Å². The summed E-state index contributed by atoms with van der Waals surface area (Å²) in [5, 5.41) is 19.4. The van der Waals surface area contributed by atoms with Crippen LogP contribution in [0.15, 0.2) is 0 Å². The fraction of sp³-hybridized carbons (Fsp3) is 0.857. The summed E-state index contributed by atoms with van der Waals surface area (Å²) in [6.45, 7) is 0. The third-order valence-corrected chi connectivity index (χ3v) is 6.15. The Labute approximate surface area is 127 Å². The van der Waals surface area contributed by atoms with Crippen molar-refractivity contribution in [3.05, 3.63) is 0 Å². The van der Waals surface area contributed by atoms with Gasteiger partial charge in [0.15, 0.2) is 0 Å². The summed E-state index contributed by atoms with van der Waals surface area (Å²) >= 11 is 12.5. The first-order valence-corrected chi connectivity index (χ1v) is 8.02. The van der Waals surface area contributed by atoms with Crippen LogP contribution in [0.5, 0.6) is 0 Å². The average Bonchev–Trinajstić information content (AvgIpc) is 2.41. The Morgan fingerprint density at radius 3 is 1.40 bits per heavy atom. The van der Waals surface area contributed by atoms with Crippen molar-refractivity contribution >= 4 is 34.8 Å². The van der Waals surface area contributed by atoms with Crippen molar-refractivity contribution in [3.8, 4) is 0 Å². The predicted molar refractivity (Wildman–Crippen MR) is 73.7 cm³/mol. The number of carbonyl (C=O) groups is 2. The summed E-state index contributed by atoms with van der Waals surface area (Å²) in [6.07, 6.45) is 0.171. The van der Waals surface area contributed by atoms with Crippen molar-refractivity contribution in [3.63, 3.8) is 0 Å². The minimum absolute atomic E-state index is 0.184. The molecular formula is C14H18Cl2O4. The first-order valence-electron chi connectivity index (χ1n) is 7.15. The number of aliphatic hydroxyl groups is 2. The normalized spacial score (nSPS) is 52.4. The van der Waals surface area contributed by atoms with Gasteiger partial charge in [0.05, 0.1) is 24.0 Å². The highest BCUT2D eigenvalue weighted by atomic mass is 35.5. The highest BCUT2D eigenvalue weighted by Gasteiger charge is 2.59. The molecule has 3 fully saturated rings. The molecule has 0 saturated heterocycles. The molecule has 0 aromatic carbocycles. The number of hydrogen-bond acceptors (Lipinski definition) is 4.